The molecule has 0 aromatic heterocycles. The number of aliphatic imine (C=N–C) groups is 1. The van der Waals surface area contributed by atoms with Crippen LogP contribution in [-0.2, 0) is 4.74 Å². The van der Waals surface area contributed by atoms with Crippen molar-refractivity contribution in [3.05, 3.63) is 0 Å². The van der Waals surface area contributed by atoms with E-state index in [2.05, 4.69) is 32.7 Å². The lowest BCUT2D eigenvalue weighted by Crippen LogP contribution is -2.21. The van der Waals surface area contributed by atoms with Crippen LogP contribution in [-0.4, -0.2) is 25.0 Å². The molecule has 0 amide bonds. The summed E-state index contributed by atoms with van der Waals surface area (Å²) in [6.07, 6.45) is 6.51. The van der Waals surface area contributed by atoms with E-state index in [-0.39, 0.29) is 6.10 Å². The molecule has 0 aromatic rings. The summed E-state index contributed by atoms with van der Waals surface area (Å²) in [5.74, 6) is 0. The van der Waals surface area contributed by atoms with Crippen LogP contribution < -0.4 is 0 Å². The van der Waals surface area contributed by atoms with E-state index in [0.29, 0.717) is 6.04 Å². The molecular weight excluding hydrogens is 186 g/mol. The van der Waals surface area contributed by atoms with Crippen molar-refractivity contribution in [2.75, 3.05) is 7.11 Å². The van der Waals surface area contributed by atoms with Crippen LogP contribution in [0.3, 0.4) is 0 Å². The molecule has 2 heteroatoms. The Morgan fingerprint density at radius 1 is 1.20 bits per heavy atom. The Morgan fingerprint density at radius 3 is 2.33 bits per heavy atom. The van der Waals surface area contributed by atoms with Gasteiger partial charge in [-0.2, -0.15) is 0 Å². The molecule has 0 N–H and O–H groups in total. The molecule has 0 rings (SSSR count). The van der Waals surface area contributed by atoms with Crippen LogP contribution in [0, 0.1) is 0 Å². The number of methoxy groups -OCH3 is 1. The molecule has 1 atom stereocenters. The summed E-state index contributed by atoms with van der Waals surface area (Å²) in [6.45, 7) is 8.52. The maximum absolute atomic E-state index is 5.46. The highest BCUT2D eigenvalue weighted by Crippen LogP contribution is 2.10. The van der Waals surface area contributed by atoms with Crippen molar-refractivity contribution in [3.8, 4) is 0 Å². The molecule has 1 unspecified atom stereocenters. The van der Waals surface area contributed by atoms with Gasteiger partial charge in [0.15, 0.2) is 0 Å². The van der Waals surface area contributed by atoms with Gasteiger partial charge in [0.2, 0.25) is 0 Å². The number of unbranched alkanes of at least 4 members (excludes halogenated alkanes) is 3. The first kappa shape index (κ1) is 14.6. The molecule has 15 heavy (non-hydrogen) atoms. The lowest BCUT2D eigenvalue weighted by atomic mass is 10.1. The van der Waals surface area contributed by atoms with Gasteiger partial charge < -0.3 is 4.74 Å². The van der Waals surface area contributed by atoms with Crippen LogP contribution in [0.5, 0.6) is 0 Å². The molecule has 0 aromatic carbocycles. The summed E-state index contributed by atoms with van der Waals surface area (Å²) in [6, 6.07) is 0.373. The highest BCUT2D eigenvalue weighted by molar-refractivity contribution is 5.86. The first-order valence-corrected chi connectivity index (χ1v) is 6.18. The summed E-state index contributed by atoms with van der Waals surface area (Å²) in [5, 5.41) is 0. The van der Waals surface area contributed by atoms with Crippen molar-refractivity contribution in [3.63, 3.8) is 0 Å². The molecule has 0 spiro atoms. The van der Waals surface area contributed by atoms with Crippen LogP contribution in [0.15, 0.2) is 4.99 Å². The Kier molecular flexibility index (Phi) is 8.68. The Bertz CT molecular complexity index is 175. The summed E-state index contributed by atoms with van der Waals surface area (Å²) in [5.41, 5.74) is 1.14. The Labute approximate surface area is 95.1 Å². The molecule has 0 aliphatic heterocycles. The second-order valence-corrected chi connectivity index (χ2v) is 4.44. The predicted octanol–water partition coefficient (Wildman–Crippen LogP) is 3.84. The third-order valence-electron chi connectivity index (χ3n) is 2.53. The zero-order valence-corrected chi connectivity index (χ0v) is 11.0. The summed E-state index contributed by atoms with van der Waals surface area (Å²) in [4.78, 5) is 4.54. The van der Waals surface area contributed by atoms with Crippen molar-refractivity contribution >= 4 is 5.71 Å². The zero-order chi connectivity index (χ0) is 11.7. The van der Waals surface area contributed by atoms with Crippen LogP contribution in [0.1, 0.15) is 59.8 Å². The van der Waals surface area contributed by atoms with E-state index in [1.807, 2.05) is 0 Å². The highest BCUT2D eigenvalue weighted by atomic mass is 16.5. The van der Waals surface area contributed by atoms with E-state index in [9.17, 15) is 0 Å². The van der Waals surface area contributed by atoms with Gasteiger partial charge >= 0.3 is 0 Å². The van der Waals surface area contributed by atoms with Crippen LogP contribution in [0.2, 0.25) is 0 Å². The number of hydrogen-bond acceptors (Lipinski definition) is 2. The zero-order valence-electron chi connectivity index (χ0n) is 11.0. The lowest BCUT2D eigenvalue weighted by Gasteiger charge is -2.16. The maximum Gasteiger partial charge on any atom is 0.0944 e. The van der Waals surface area contributed by atoms with Crippen LogP contribution >= 0.6 is 0 Å². The fourth-order valence-electron chi connectivity index (χ4n) is 1.74. The van der Waals surface area contributed by atoms with E-state index >= 15 is 0 Å². The molecule has 0 saturated heterocycles. The van der Waals surface area contributed by atoms with Crippen LogP contribution in [0.4, 0.5) is 0 Å². The Hall–Kier alpha value is -0.370. The Balaban J connectivity index is 3.90. The van der Waals surface area contributed by atoms with Crippen LogP contribution in [0.25, 0.3) is 0 Å². The molecule has 0 bridgehead atoms. The minimum atomic E-state index is 0.226. The minimum Gasteiger partial charge on any atom is -0.376 e. The summed E-state index contributed by atoms with van der Waals surface area (Å²) < 4.78 is 5.46. The molecule has 0 radical (unpaired) electrons. The second-order valence-electron chi connectivity index (χ2n) is 4.44. The number of nitrogens with zero attached hydrogens (tertiary/aromatic N) is 1. The quantitative estimate of drug-likeness (QED) is 0.443. The molecule has 0 saturated carbocycles. The first-order chi connectivity index (χ1) is 7.11. The summed E-state index contributed by atoms with van der Waals surface area (Å²) in [7, 11) is 1.78. The van der Waals surface area contributed by atoms with E-state index < -0.39 is 0 Å². The van der Waals surface area contributed by atoms with Crippen molar-refractivity contribution in [1.82, 2.24) is 0 Å². The van der Waals surface area contributed by atoms with Crippen molar-refractivity contribution in [2.24, 2.45) is 4.99 Å². The van der Waals surface area contributed by atoms with Crippen molar-refractivity contribution < 1.29 is 4.74 Å². The van der Waals surface area contributed by atoms with Gasteiger partial charge in [-0.1, -0.05) is 32.6 Å². The molecule has 0 heterocycles. The number of hydrogen-bond donors (Lipinski definition) is 0. The highest BCUT2D eigenvalue weighted by Gasteiger charge is 2.10. The first-order valence-electron chi connectivity index (χ1n) is 6.18. The lowest BCUT2D eigenvalue weighted by molar-refractivity contribution is 0.144. The molecular formula is C13H27NO. The third-order valence-corrected chi connectivity index (χ3v) is 2.53. The van der Waals surface area contributed by atoms with Gasteiger partial charge in [0.05, 0.1) is 6.10 Å². The SMILES string of the molecule is CCCCCCC(OC)C(C)=NC(C)C. The number of ether oxygens (including phenoxy) is 1. The maximum atomic E-state index is 5.46. The average molecular weight is 213 g/mol. The standard InChI is InChI=1S/C13H27NO/c1-6-7-8-9-10-13(15-5)12(4)14-11(2)3/h11,13H,6-10H2,1-5H3. The molecule has 0 aliphatic carbocycles. The summed E-state index contributed by atoms with van der Waals surface area (Å²) >= 11 is 0. The smallest absolute Gasteiger partial charge is 0.0944 e. The van der Waals surface area contributed by atoms with Crippen molar-refractivity contribution in [1.29, 1.82) is 0 Å². The fraction of sp³-hybridized carbons (Fsp3) is 0.923. The van der Waals surface area contributed by atoms with E-state index in [1.54, 1.807) is 7.11 Å². The molecule has 2 nitrogen and oxygen atoms in total. The second kappa shape index (κ2) is 8.90. The Morgan fingerprint density at radius 2 is 1.87 bits per heavy atom. The van der Waals surface area contributed by atoms with Gasteiger partial charge in [-0.15, -0.1) is 0 Å². The normalized spacial score (nSPS) is 14.7. The third kappa shape index (κ3) is 7.55. The molecule has 0 aliphatic rings. The van der Waals surface area contributed by atoms with Gasteiger partial charge in [-0.25, -0.2) is 0 Å². The van der Waals surface area contributed by atoms with Gasteiger partial charge in [0.25, 0.3) is 0 Å². The van der Waals surface area contributed by atoms with E-state index in [4.69, 9.17) is 4.74 Å². The van der Waals surface area contributed by atoms with Gasteiger partial charge in [0, 0.05) is 18.9 Å². The monoisotopic (exact) mass is 213 g/mol. The molecule has 90 valence electrons. The molecule has 0 fully saturated rings. The van der Waals surface area contributed by atoms with Gasteiger partial charge in [0.1, 0.15) is 0 Å². The largest absolute Gasteiger partial charge is 0.376 e. The number of rotatable bonds is 8. The van der Waals surface area contributed by atoms with E-state index in [1.165, 1.54) is 25.7 Å². The average Bonchev–Trinajstić information content (AvgIpc) is 2.16. The minimum absolute atomic E-state index is 0.226. The van der Waals surface area contributed by atoms with Crippen molar-refractivity contribution in [2.45, 2.75) is 71.9 Å². The van der Waals surface area contributed by atoms with Gasteiger partial charge in [-0.05, 0) is 27.2 Å². The predicted molar refractivity (Wildman–Crippen MR) is 67.8 cm³/mol. The van der Waals surface area contributed by atoms with E-state index in [0.717, 1.165) is 12.1 Å². The van der Waals surface area contributed by atoms with Gasteiger partial charge in [-0.3, -0.25) is 4.99 Å². The topological polar surface area (TPSA) is 21.6 Å². The fourth-order valence-corrected chi connectivity index (χ4v) is 1.74.